The molecule has 25 heavy (non-hydrogen) atoms. The van der Waals surface area contributed by atoms with Gasteiger partial charge >= 0.3 is 0 Å². The molecule has 1 heterocycles. The number of aromatic amines is 1. The Morgan fingerprint density at radius 2 is 1.92 bits per heavy atom. The third-order valence-electron chi connectivity index (χ3n) is 3.84. The Morgan fingerprint density at radius 3 is 2.48 bits per heavy atom. The Labute approximate surface area is 147 Å². The van der Waals surface area contributed by atoms with Gasteiger partial charge in [0, 0.05) is 18.0 Å². The van der Waals surface area contributed by atoms with Gasteiger partial charge in [0.05, 0.1) is 13.2 Å². The van der Waals surface area contributed by atoms with Crippen molar-refractivity contribution < 1.29 is 14.3 Å². The Morgan fingerprint density at radius 1 is 1.24 bits per heavy atom. The average molecular weight is 344 g/mol. The van der Waals surface area contributed by atoms with E-state index in [2.05, 4.69) is 10.3 Å². The molecule has 2 N–H and O–H groups in total. The van der Waals surface area contributed by atoms with Gasteiger partial charge in [0.1, 0.15) is 5.75 Å². The van der Waals surface area contributed by atoms with Crippen molar-refractivity contribution in [3.63, 3.8) is 0 Å². The first kappa shape index (κ1) is 18.6. The van der Waals surface area contributed by atoms with Crippen molar-refractivity contribution in [2.24, 2.45) is 5.92 Å². The first-order chi connectivity index (χ1) is 11.9. The van der Waals surface area contributed by atoms with Gasteiger partial charge in [-0.15, -0.1) is 0 Å². The van der Waals surface area contributed by atoms with E-state index in [4.69, 9.17) is 9.47 Å². The van der Waals surface area contributed by atoms with Crippen molar-refractivity contribution in [1.29, 1.82) is 0 Å². The lowest BCUT2D eigenvalue weighted by atomic mass is 9.96. The zero-order valence-electron chi connectivity index (χ0n) is 15.0. The summed E-state index contributed by atoms with van der Waals surface area (Å²) >= 11 is 0. The van der Waals surface area contributed by atoms with Crippen molar-refractivity contribution in [3.05, 3.63) is 58.0 Å². The molecule has 2 rings (SSSR count). The summed E-state index contributed by atoms with van der Waals surface area (Å²) in [6.07, 6.45) is 1.47. The number of nitrogens with one attached hydrogen (secondary N) is 2. The van der Waals surface area contributed by atoms with E-state index in [1.807, 2.05) is 38.1 Å². The minimum Gasteiger partial charge on any atom is -0.497 e. The summed E-state index contributed by atoms with van der Waals surface area (Å²) < 4.78 is 10.5. The standard InChI is InChI=1S/C19H24N2O4/c1-12(2)19(14-5-7-15(24-4)8-6-14)21-18(23)11-25-17-10-20-13(3)9-16(17)22/h5-10,12,19H,11H2,1-4H3,(H,20,22)(H,21,23)/t19-/m1/s1. The van der Waals surface area contributed by atoms with Gasteiger partial charge in [-0.3, -0.25) is 9.59 Å². The maximum Gasteiger partial charge on any atom is 0.258 e. The van der Waals surface area contributed by atoms with E-state index in [9.17, 15) is 9.59 Å². The van der Waals surface area contributed by atoms with Crippen LogP contribution in [-0.4, -0.2) is 24.6 Å². The number of benzene rings is 1. The average Bonchev–Trinajstić information content (AvgIpc) is 2.59. The fourth-order valence-electron chi connectivity index (χ4n) is 2.48. The predicted octanol–water partition coefficient (Wildman–Crippen LogP) is 2.58. The third-order valence-corrected chi connectivity index (χ3v) is 3.84. The molecule has 0 saturated carbocycles. The smallest absolute Gasteiger partial charge is 0.258 e. The van der Waals surface area contributed by atoms with Gasteiger partial charge < -0.3 is 19.8 Å². The van der Waals surface area contributed by atoms with Crippen LogP contribution in [0.3, 0.4) is 0 Å². The van der Waals surface area contributed by atoms with Gasteiger partial charge in [-0.2, -0.15) is 0 Å². The minimum atomic E-state index is -0.283. The third kappa shape index (κ3) is 5.11. The SMILES string of the molecule is COc1ccc([C@H](NC(=O)COc2c[nH]c(C)cc2=O)C(C)C)cc1. The van der Waals surface area contributed by atoms with Crippen LogP contribution in [0.5, 0.6) is 11.5 Å². The molecule has 0 aliphatic carbocycles. The predicted molar refractivity (Wildman–Crippen MR) is 96.0 cm³/mol. The van der Waals surface area contributed by atoms with Gasteiger partial charge in [-0.25, -0.2) is 0 Å². The second-order valence-corrected chi connectivity index (χ2v) is 6.20. The lowest BCUT2D eigenvalue weighted by molar-refractivity contribution is -0.124. The van der Waals surface area contributed by atoms with Crippen LogP contribution < -0.4 is 20.2 Å². The van der Waals surface area contributed by atoms with Gasteiger partial charge in [0.2, 0.25) is 5.43 Å². The first-order valence-electron chi connectivity index (χ1n) is 8.16. The Balaban J connectivity index is 2.01. The molecule has 2 aromatic rings. The Bertz CT molecular complexity index is 766. The highest BCUT2D eigenvalue weighted by atomic mass is 16.5. The molecule has 0 unspecified atom stereocenters. The highest BCUT2D eigenvalue weighted by molar-refractivity contribution is 5.78. The van der Waals surface area contributed by atoms with Gasteiger partial charge in [0.15, 0.2) is 12.4 Å². The van der Waals surface area contributed by atoms with Gasteiger partial charge in [-0.1, -0.05) is 26.0 Å². The number of ether oxygens (including phenoxy) is 2. The molecule has 0 aliphatic heterocycles. The Kier molecular flexibility index (Phi) is 6.22. The molecule has 0 bridgehead atoms. The van der Waals surface area contributed by atoms with Crippen molar-refractivity contribution in [2.75, 3.05) is 13.7 Å². The fraction of sp³-hybridized carbons (Fsp3) is 0.368. The van der Waals surface area contributed by atoms with Crippen LogP contribution in [-0.2, 0) is 4.79 Å². The number of hydrogen-bond donors (Lipinski definition) is 2. The normalized spacial score (nSPS) is 11.9. The van der Waals surface area contributed by atoms with Crippen LogP contribution in [0, 0.1) is 12.8 Å². The van der Waals surface area contributed by atoms with E-state index in [1.54, 1.807) is 14.0 Å². The molecule has 0 saturated heterocycles. The Hall–Kier alpha value is -2.76. The number of aryl methyl sites for hydroxylation is 1. The second-order valence-electron chi connectivity index (χ2n) is 6.20. The molecule has 0 fully saturated rings. The van der Waals surface area contributed by atoms with Gasteiger partial charge in [-0.05, 0) is 30.5 Å². The topological polar surface area (TPSA) is 80.4 Å². The van der Waals surface area contributed by atoms with E-state index in [0.29, 0.717) is 0 Å². The van der Waals surface area contributed by atoms with Crippen LogP contribution >= 0.6 is 0 Å². The van der Waals surface area contributed by atoms with E-state index < -0.39 is 0 Å². The molecular weight excluding hydrogens is 320 g/mol. The zero-order valence-corrected chi connectivity index (χ0v) is 15.0. The van der Waals surface area contributed by atoms with Crippen molar-refractivity contribution >= 4 is 5.91 Å². The summed E-state index contributed by atoms with van der Waals surface area (Å²) in [6, 6.07) is 8.85. The number of aromatic nitrogens is 1. The lowest BCUT2D eigenvalue weighted by Gasteiger charge is -2.23. The molecule has 6 heteroatoms. The van der Waals surface area contributed by atoms with Gasteiger partial charge in [0.25, 0.3) is 5.91 Å². The van der Waals surface area contributed by atoms with Crippen molar-refractivity contribution in [2.45, 2.75) is 26.8 Å². The number of pyridine rings is 1. The summed E-state index contributed by atoms with van der Waals surface area (Å²) in [6.45, 7) is 5.62. The van der Waals surface area contributed by atoms with E-state index in [1.165, 1.54) is 12.3 Å². The summed E-state index contributed by atoms with van der Waals surface area (Å²) in [4.78, 5) is 26.9. The van der Waals surface area contributed by atoms with E-state index in [-0.39, 0.29) is 35.7 Å². The number of methoxy groups -OCH3 is 1. The zero-order chi connectivity index (χ0) is 18.4. The van der Waals surface area contributed by atoms with Crippen molar-refractivity contribution in [3.8, 4) is 11.5 Å². The quantitative estimate of drug-likeness (QED) is 0.809. The summed E-state index contributed by atoms with van der Waals surface area (Å²) in [5.74, 6) is 0.806. The molecule has 0 radical (unpaired) electrons. The van der Waals surface area contributed by atoms with Crippen molar-refractivity contribution in [1.82, 2.24) is 10.3 Å². The number of amides is 1. The molecule has 1 atom stereocenters. The lowest BCUT2D eigenvalue weighted by Crippen LogP contribution is -2.35. The van der Waals surface area contributed by atoms with Crippen LogP contribution in [0.15, 0.2) is 41.3 Å². The fourth-order valence-corrected chi connectivity index (χ4v) is 2.48. The summed E-state index contributed by atoms with van der Waals surface area (Å²) in [5.41, 5.74) is 1.47. The number of carbonyl (C=O) groups is 1. The van der Waals surface area contributed by atoms with Crippen LogP contribution in [0.25, 0.3) is 0 Å². The minimum absolute atomic E-state index is 0.131. The largest absolute Gasteiger partial charge is 0.497 e. The molecule has 1 amide bonds. The summed E-state index contributed by atoms with van der Waals surface area (Å²) in [7, 11) is 1.61. The second kappa shape index (κ2) is 8.37. The van der Waals surface area contributed by atoms with E-state index >= 15 is 0 Å². The maximum absolute atomic E-state index is 12.2. The van der Waals surface area contributed by atoms with Crippen LogP contribution in [0.1, 0.15) is 31.1 Å². The first-order valence-corrected chi connectivity index (χ1v) is 8.16. The van der Waals surface area contributed by atoms with Crippen LogP contribution in [0.2, 0.25) is 0 Å². The molecule has 6 nitrogen and oxygen atoms in total. The number of hydrogen-bond acceptors (Lipinski definition) is 4. The molecule has 134 valence electrons. The molecular formula is C19H24N2O4. The molecule has 0 aliphatic rings. The monoisotopic (exact) mass is 344 g/mol. The maximum atomic E-state index is 12.2. The molecule has 0 spiro atoms. The highest BCUT2D eigenvalue weighted by Crippen LogP contribution is 2.23. The van der Waals surface area contributed by atoms with Crippen LogP contribution in [0.4, 0.5) is 0 Å². The summed E-state index contributed by atoms with van der Waals surface area (Å²) in [5, 5.41) is 2.95. The number of rotatable bonds is 7. The highest BCUT2D eigenvalue weighted by Gasteiger charge is 2.19. The number of carbonyl (C=O) groups excluding carboxylic acids is 1. The van der Waals surface area contributed by atoms with E-state index in [0.717, 1.165) is 17.0 Å². The molecule has 1 aromatic carbocycles. The number of H-pyrrole nitrogens is 1. The molecule has 1 aromatic heterocycles.